The van der Waals surface area contributed by atoms with Crippen LogP contribution in [0.15, 0.2) is 79.4 Å². The van der Waals surface area contributed by atoms with Gasteiger partial charge in [-0.25, -0.2) is 0 Å². The number of piperidine rings is 1. The lowest BCUT2D eigenvalue weighted by Crippen LogP contribution is -2.44. The minimum Gasteiger partial charge on any atom is -0.488 e. The summed E-state index contributed by atoms with van der Waals surface area (Å²) in [6.45, 7) is 8.89. The van der Waals surface area contributed by atoms with Gasteiger partial charge < -0.3 is 24.1 Å². The Hall–Kier alpha value is -5.26. The fourth-order valence-corrected chi connectivity index (χ4v) is 6.26. The summed E-state index contributed by atoms with van der Waals surface area (Å²) in [5, 5.41) is 19.3. The Morgan fingerprint density at radius 1 is 0.979 bits per heavy atom. The molecule has 0 amide bonds. The van der Waals surface area contributed by atoms with Crippen LogP contribution in [0, 0.1) is 18.3 Å². The topological polar surface area (TPSA) is 101 Å². The van der Waals surface area contributed by atoms with E-state index in [-0.39, 0.29) is 6.61 Å². The summed E-state index contributed by atoms with van der Waals surface area (Å²) < 4.78 is 24.4. The zero-order valence-electron chi connectivity index (χ0n) is 26.5. The molecule has 0 radical (unpaired) electrons. The molecule has 1 atom stereocenters. The van der Waals surface area contributed by atoms with Gasteiger partial charge in [0.25, 0.3) is 0 Å². The van der Waals surface area contributed by atoms with Gasteiger partial charge in [0.1, 0.15) is 44.0 Å². The lowest BCUT2D eigenvalue weighted by molar-refractivity contribution is -0.144. The number of rotatable bonds is 11. The van der Waals surface area contributed by atoms with E-state index in [2.05, 4.69) is 31.7 Å². The Kier molecular flexibility index (Phi) is 9.75. The van der Waals surface area contributed by atoms with E-state index in [0.717, 1.165) is 63.3 Å². The Balaban J connectivity index is 1.28. The van der Waals surface area contributed by atoms with E-state index in [1.165, 1.54) is 0 Å². The Morgan fingerprint density at radius 2 is 1.79 bits per heavy atom. The minimum absolute atomic E-state index is 0.244. The van der Waals surface area contributed by atoms with Crippen LogP contribution in [0.25, 0.3) is 17.2 Å². The predicted molar refractivity (Wildman–Crippen MR) is 180 cm³/mol. The molecule has 1 fully saturated rings. The lowest BCUT2D eigenvalue weighted by atomic mass is 9.96. The van der Waals surface area contributed by atoms with E-state index in [1.54, 1.807) is 18.2 Å². The third-order valence-electron chi connectivity index (χ3n) is 8.82. The molecule has 4 aromatic carbocycles. The highest BCUT2D eigenvalue weighted by molar-refractivity contribution is 5.74. The number of carboxylic acids is 1. The maximum absolute atomic E-state index is 12.1. The number of ether oxygens (including phenoxy) is 4. The van der Waals surface area contributed by atoms with Crippen molar-refractivity contribution in [3.05, 3.63) is 113 Å². The molecule has 0 aromatic heterocycles. The molecule has 0 aliphatic carbocycles. The summed E-state index contributed by atoms with van der Waals surface area (Å²) in [7, 11) is 0. The maximum atomic E-state index is 12.1. The summed E-state index contributed by atoms with van der Waals surface area (Å²) in [5.74, 6) is 1.91. The number of carbonyl (C=O) groups is 1. The molecule has 0 spiro atoms. The van der Waals surface area contributed by atoms with Crippen LogP contribution in [0.1, 0.15) is 52.6 Å². The summed E-state index contributed by atoms with van der Waals surface area (Å²) >= 11 is 0. The molecule has 1 unspecified atom stereocenters. The van der Waals surface area contributed by atoms with Crippen molar-refractivity contribution in [3.63, 3.8) is 0 Å². The molecule has 2 heterocycles. The molecule has 0 bridgehead atoms. The fraction of sp³-hybridized carbons (Fsp3) is 0.282. The normalized spacial score (nSPS) is 15.8. The highest BCUT2D eigenvalue weighted by atomic mass is 16.6. The molecule has 2 aliphatic heterocycles. The second-order valence-corrected chi connectivity index (χ2v) is 11.9. The molecule has 1 N–H and O–H groups in total. The SMILES string of the molecule is C=Cc1cc(CN2CCCCC2C(=O)O)c(OCc2cccc(C#N)c2)cc1OCc1cccc(-c2ccc3c(c2)OCCO3)c1C. The number of hydrogen-bond acceptors (Lipinski definition) is 7. The fourth-order valence-electron chi connectivity index (χ4n) is 6.26. The monoisotopic (exact) mass is 630 g/mol. The number of aliphatic carboxylic acids is 1. The van der Waals surface area contributed by atoms with E-state index in [9.17, 15) is 15.2 Å². The van der Waals surface area contributed by atoms with Crippen LogP contribution in [0.4, 0.5) is 0 Å². The van der Waals surface area contributed by atoms with Gasteiger partial charge in [-0.05, 0) is 84.5 Å². The van der Waals surface area contributed by atoms with Crippen LogP contribution in [0.3, 0.4) is 0 Å². The van der Waals surface area contributed by atoms with Gasteiger partial charge in [-0.3, -0.25) is 9.69 Å². The van der Waals surface area contributed by atoms with Crippen molar-refractivity contribution in [2.45, 2.75) is 52.0 Å². The van der Waals surface area contributed by atoms with E-state index < -0.39 is 12.0 Å². The molecular formula is C39H38N2O6. The molecule has 4 aromatic rings. The summed E-state index contributed by atoms with van der Waals surface area (Å²) in [6, 6.07) is 25.0. The quantitative estimate of drug-likeness (QED) is 0.181. The van der Waals surface area contributed by atoms with Gasteiger partial charge in [0, 0.05) is 23.7 Å². The first-order chi connectivity index (χ1) is 22.9. The summed E-state index contributed by atoms with van der Waals surface area (Å²) in [4.78, 5) is 14.1. The standard InChI is InChI=1S/C39H38N2O6/c1-3-29-19-32(23-41-15-5-4-12-34(41)39(42)43)37(46-24-28-9-6-8-27(18-28)22-40)21-36(29)47-25-31-10-7-11-33(26(31)2)30-13-14-35-38(20-30)45-17-16-44-35/h3,6-11,13-14,18-21,34H,1,4-5,12,15-17,23-25H2,2H3,(H,42,43). The van der Waals surface area contributed by atoms with Crippen LogP contribution in [0.2, 0.25) is 0 Å². The van der Waals surface area contributed by atoms with E-state index in [1.807, 2.05) is 53.4 Å². The van der Waals surface area contributed by atoms with Gasteiger partial charge in [-0.1, -0.05) is 55.5 Å². The third kappa shape index (κ3) is 7.26. The number of nitriles is 1. The highest BCUT2D eigenvalue weighted by Crippen LogP contribution is 2.37. The lowest BCUT2D eigenvalue weighted by Gasteiger charge is -2.33. The van der Waals surface area contributed by atoms with Crippen molar-refractivity contribution in [2.24, 2.45) is 0 Å². The van der Waals surface area contributed by atoms with Gasteiger partial charge in [0.2, 0.25) is 0 Å². The molecule has 2 aliphatic rings. The molecular weight excluding hydrogens is 592 g/mol. The number of nitrogens with zero attached hydrogens (tertiary/aromatic N) is 2. The average Bonchev–Trinajstić information content (AvgIpc) is 3.10. The number of benzene rings is 4. The van der Waals surface area contributed by atoms with Crippen LogP contribution in [-0.2, 0) is 24.6 Å². The second kappa shape index (κ2) is 14.4. The number of likely N-dealkylation sites (tertiary alicyclic amines) is 1. The number of carboxylic acid groups (broad SMARTS) is 1. The van der Waals surface area contributed by atoms with Crippen molar-refractivity contribution in [2.75, 3.05) is 19.8 Å². The Morgan fingerprint density at radius 3 is 2.60 bits per heavy atom. The van der Waals surface area contributed by atoms with Crippen molar-refractivity contribution >= 4 is 12.0 Å². The van der Waals surface area contributed by atoms with Crippen LogP contribution < -0.4 is 18.9 Å². The zero-order chi connectivity index (χ0) is 32.8. The number of hydrogen-bond donors (Lipinski definition) is 1. The number of fused-ring (bicyclic) bond motifs is 1. The molecule has 6 rings (SSSR count). The van der Waals surface area contributed by atoms with Crippen molar-refractivity contribution in [1.29, 1.82) is 5.26 Å². The van der Waals surface area contributed by atoms with Crippen molar-refractivity contribution < 1.29 is 28.8 Å². The first kappa shape index (κ1) is 31.7. The van der Waals surface area contributed by atoms with Gasteiger partial charge in [-0.15, -0.1) is 0 Å². The van der Waals surface area contributed by atoms with Crippen molar-refractivity contribution in [1.82, 2.24) is 4.90 Å². The molecule has 1 saturated heterocycles. The van der Waals surface area contributed by atoms with Crippen molar-refractivity contribution in [3.8, 4) is 40.2 Å². The van der Waals surface area contributed by atoms with Gasteiger partial charge >= 0.3 is 5.97 Å². The Labute approximate surface area is 275 Å². The summed E-state index contributed by atoms with van der Waals surface area (Å²) in [5.41, 5.74) is 7.32. The van der Waals surface area contributed by atoms with Gasteiger partial charge in [-0.2, -0.15) is 5.26 Å². The van der Waals surface area contributed by atoms with E-state index in [0.29, 0.717) is 56.4 Å². The summed E-state index contributed by atoms with van der Waals surface area (Å²) in [6.07, 6.45) is 4.21. The van der Waals surface area contributed by atoms with Crippen LogP contribution in [-0.4, -0.2) is 41.8 Å². The molecule has 47 heavy (non-hydrogen) atoms. The van der Waals surface area contributed by atoms with Crippen LogP contribution in [0.5, 0.6) is 23.0 Å². The Bertz CT molecular complexity index is 1830. The average molecular weight is 631 g/mol. The van der Waals surface area contributed by atoms with Gasteiger partial charge in [0.15, 0.2) is 11.5 Å². The minimum atomic E-state index is -0.807. The van der Waals surface area contributed by atoms with E-state index in [4.69, 9.17) is 18.9 Å². The first-order valence-corrected chi connectivity index (χ1v) is 15.9. The maximum Gasteiger partial charge on any atom is 0.320 e. The molecule has 240 valence electrons. The predicted octanol–water partition coefficient (Wildman–Crippen LogP) is 7.55. The first-order valence-electron chi connectivity index (χ1n) is 15.9. The highest BCUT2D eigenvalue weighted by Gasteiger charge is 2.29. The zero-order valence-corrected chi connectivity index (χ0v) is 26.5. The smallest absolute Gasteiger partial charge is 0.320 e. The van der Waals surface area contributed by atoms with Gasteiger partial charge in [0.05, 0.1) is 11.6 Å². The van der Waals surface area contributed by atoms with E-state index >= 15 is 0 Å². The third-order valence-corrected chi connectivity index (χ3v) is 8.82. The molecule has 8 heteroatoms. The second-order valence-electron chi connectivity index (χ2n) is 11.9. The largest absolute Gasteiger partial charge is 0.488 e. The molecule has 0 saturated carbocycles. The molecule has 8 nitrogen and oxygen atoms in total. The van der Waals surface area contributed by atoms with Crippen LogP contribution >= 0.6 is 0 Å².